The van der Waals surface area contributed by atoms with E-state index in [1.165, 1.54) is 19.3 Å². The predicted molar refractivity (Wildman–Crippen MR) is 59.4 cm³/mol. The number of carbonyl (C=O) groups is 1. The fourth-order valence-electron chi connectivity index (χ4n) is 2.62. The molecule has 2 rings (SSSR count). The van der Waals surface area contributed by atoms with Gasteiger partial charge >= 0.3 is 0 Å². The molecule has 0 amide bonds. The van der Waals surface area contributed by atoms with Crippen molar-refractivity contribution in [1.82, 2.24) is 0 Å². The van der Waals surface area contributed by atoms with E-state index in [1.807, 2.05) is 6.08 Å². The molecule has 2 aliphatic rings. The van der Waals surface area contributed by atoms with Gasteiger partial charge in [-0.2, -0.15) is 0 Å². The summed E-state index contributed by atoms with van der Waals surface area (Å²) in [5, 5.41) is 0. The lowest BCUT2D eigenvalue weighted by molar-refractivity contribution is -0.123. The third-order valence-corrected chi connectivity index (χ3v) is 3.74. The van der Waals surface area contributed by atoms with Gasteiger partial charge in [0.15, 0.2) is 11.5 Å². The van der Waals surface area contributed by atoms with Gasteiger partial charge in [0.05, 0.1) is 6.61 Å². The van der Waals surface area contributed by atoms with Gasteiger partial charge in [0, 0.05) is 12.3 Å². The molecule has 1 heterocycles. The monoisotopic (exact) mass is 208 g/mol. The van der Waals surface area contributed by atoms with Crippen LogP contribution >= 0.6 is 0 Å². The Morgan fingerprint density at radius 1 is 1.40 bits per heavy atom. The van der Waals surface area contributed by atoms with Crippen molar-refractivity contribution >= 4 is 5.78 Å². The summed E-state index contributed by atoms with van der Waals surface area (Å²) in [4.78, 5) is 12.0. The van der Waals surface area contributed by atoms with Crippen molar-refractivity contribution in [3.8, 4) is 0 Å². The third-order valence-electron chi connectivity index (χ3n) is 3.74. The quantitative estimate of drug-likeness (QED) is 0.712. The van der Waals surface area contributed by atoms with Crippen molar-refractivity contribution in [1.29, 1.82) is 0 Å². The fourth-order valence-corrected chi connectivity index (χ4v) is 2.62. The number of hydrogen-bond donors (Lipinski definition) is 0. The number of hydrogen-bond acceptors (Lipinski definition) is 2. The largest absolute Gasteiger partial charge is 0.490 e. The van der Waals surface area contributed by atoms with Crippen LogP contribution in [-0.4, -0.2) is 12.4 Å². The maximum atomic E-state index is 12.0. The first kappa shape index (κ1) is 10.7. The standard InChI is InChI=1S/C13H20O2/c1-2-10-5-7-11(8-6-10)13(14)12-4-3-9-15-12/h4,10-11H,2-3,5-9H2,1H3. The van der Waals surface area contributed by atoms with Crippen molar-refractivity contribution in [3.05, 3.63) is 11.8 Å². The Hall–Kier alpha value is -0.790. The highest BCUT2D eigenvalue weighted by atomic mass is 16.5. The first-order valence-corrected chi connectivity index (χ1v) is 6.18. The molecule has 1 aliphatic heterocycles. The van der Waals surface area contributed by atoms with Gasteiger partial charge in [-0.05, 0) is 37.7 Å². The van der Waals surface area contributed by atoms with Crippen molar-refractivity contribution in [2.75, 3.05) is 6.61 Å². The summed E-state index contributed by atoms with van der Waals surface area (Å²) in [7, 11) is 0. The zero-order valence-corrected chi connectivity index (χ0v) is 9.50. The van der Waals surface area contributed by atoms with Gasteiger partial charge in [0.25, 0.3) is 0 Å². The molecule has 0 N–H and O–H groups in total. The lowest BCUT2D eigenvalue weighted by atomic mass is 9.79. The van der Waals surface area contributed by atoms with E-state index >= 15 is 0 Å². The second kappa shape index (κ2) is 4.82. The predicted octanol–water partition coefficient (Wildman–Crippen LogP) is 3.08. The van der Waals surface area contributed by atoms with Crippen LogP contribution in [0.4, 0.5) is 0 Å². The van der Waals surface area contributed by atoms with E-state index < -0.39 is 0 Å². The molecule has 1 fully saturated rings. The molecule has 15 heavy (non-hydrogen) atoms. The van der Waals surface area contributed by atoms with Gasteiger partial charge in [-0.1, -0.05) is 13.3 Å². The van der Waals surface area contributed by atoms with E-state index in [0.717, 1.165) is 25.2 Å². The second-order valence-corrected chi connectivity index (χ2v) is 4.70. The highest BCUT2D eigenvalue weighted by Crippen LogP contribution is 2.33. The number of Topliss-reactive ketones (excluding diaryl/α,β-unsaturated/α-hetero) is 1. The molecule has 0 atom stereocenters. The van der Waals surface area contributed by atoms with E-state index in [9.17, 15) is 4.79 Å². The summed E-state index contributed by atoms with van der Waals surface area (Å²) < 4.78 is 5.33. The summed E-state index contributed by atoms with van der Waals surface area (Å²) in [6.07, 6.45) is 8.70. The van der Waals surface area contributed by atoms with E-state index in [1.54, 1.807) is 0 Å². The summed E-state index contributed by atoms with van der Waals surface area (Å²) in [5.74, 6) is 2.02. The van der Waals surface area contributed by atoms with Crippen molar-refractivity contribution in [2.45, 2.75) is 45.4 Å². The Bertz CT molecular complexity index is 260. The zero-order valence-electron chi connectivity index (χ0n) is 9.50. The van der Waals surface area contributed by atoms with Crippen LogP contribution < -0.4 is 0 Å². The Morgan fingerprint density at radius 2 is 2.13 bits per heavy atom. The molecule has 0 spiro atoms. The van der Waals surface area contributed by atoms with Crippen LogP contribution in [0.1, 0.15) is 45.4 Å². The molecule has 0 unspecified atom stereocenters. The van der Waals surface area contributed by atoms with Crippen molar-refractivity contribution in [2.24, 2.45) is 11.8 Å². The fraction of sp³-hybridized carbons (Fsp3) is 0.769. The maximum absolute atomic E-state index is 12.0. The average molecular weight is 208 g/mol. The zero-order chi connectivity index (χ0) is 10.7. The van der Waals surface area contributed by atoms with Crippen LogP contribution in [0.3, 0.4) is 0 Å². The summed E-state index contributed by atoms with van der Waals surface area (Å²) >= 11 is 0. The average Bonchev–Trinajstić information content (AvgIpc) is 2.82. The van der Waals surface area contributed by atoms with Crippen molar-refractivity contribution < 1.29 is 9.53 Å². The van der Waals surface area contributed by atoms with E-state index in [4.69, 9.17) is 4.74 Å². The Balaban J connectivity index is 1.87. The molecule has 2 nitrogen and oxygen atoms in total. The van der Waals surface area contributed by atoms with Crippen LogP contribution in [0.25, 0.3) is 0 Å². The molecule has 2 heteroatoms. The Kier molecular flexibility index (Phi) is 3.45. The third kappa shape index (κ3) is 2.42. The first-order chi connectivity index (χ1) is 7.31. The molecular formula is C13H20O2. The van der Waals surface area contributed by atoms with Crippen LogP contribution in [-0.2, 0) is 9.53 Å². The minimum atomic E-state index is 0.247. The number of carbonyl (C=O) groups excluding carboxylic acids is 1. The second-order valence-electron chi connectivity index (χ2n) is 4.70. The molecular weight excluding hydrogens is 188 g/mol. The van der Waals surface area contributed by atoms with Gasteiger partial charge in [-0.25, -0.2) is 0 Å². The molecule has 0 aromatic rings. The van der Waals surface area contributed by atoms with E-state index in [2.05, 4.69) is 6.92 Å². The number of ketones is 1. The lowest BCUT2D eigenvalue weighted by Crippen LogP contribution is -2.23. The summed E-state index contributed by atoms with van der Waals surface area (Å²) in [5.41, 5.74) is 0. The Labute approximate surface area is 91.7 Å². The number of allylic oxidation sites excluding steroid dienone is 1. The normalized spacial score (nSPS) is 30.9. The molecule has 0 saturated heterocycles. The van der Waals surface area contributed by atoms with Gasteiger partial charge in [-0.15, -0.1) is 0 Å². The molecule has 0 bridgehead atoms. The topological polar surface area (TPSA) is 26.3 Å². The smallest absolute Gasteiger partial charge is 0.200 e. The van der Waals surface area contributed by atoms with Crippen LogP contribution in [0, 0.1) is 11.8 Å². The minimum Gasteiger partial charge on any atom is -0.490 e. The highest BCUT2D eigenvalue weighted by Gasteiger charge is 2.29. The van der Waals surface area contributed by atoms with Crippen molar-refractivity contribution in [3.63, 3.8) is 0 Å². The van der Waals surface area contributed by atoms with Crippen LogP contribution in [0.15, 0.2) is 11.8 Å². The van der Waals surface area contributed by atoms with Gasteiger partial charge < -0.3 is 4.74 Å². The van der Waals surface area contributed by atoms with Gasteiger partial charge in [0.2, 0.25) is 0 Å². The molecule has 1 saturated carbocycles. The first-order valence-electron chi connectivity index (χ1n) is 6.18. The van der Waals surface area contributed by atoms with E-state index in [0.29, 0.717) is 12.4 Å². The molecule has 0 radical (unpaired) electrons. The van der Waals surface area contributed by atoms with Crippen LogP contribution in [0.5, 0.6) is 0 Å². The highest BCUT2D eigenvalue weighted by molar-refractivity contribution is 5.95. The lowest BCUT2D eigenvalue weighted by Gasteiger charge is -2.26. The maximum Gasteiger partial charge on any atom is 0.200 e. The number of ether oxygens (including phenoxy) is 1. The molecule has 1 aliphatic carbocycles. The van der Waals surface area contributed by atoms with Crippen LogP contribution in [0.2, 0.25) is 0 Å². The SMILES string of the molecule is CCC1CCC(C(=O)C2=CCCO2)CC1. The van der Waals surface area contributed by atoms with Gasteiger partial charge in [-0.3, -0.25) is 4.79 Å². The molecule has 0 aromatic carbocycles. The summed E-state index contributed by atoms with van der Waals surface area (Å²) in [6.45, 7) is 2.95. The van der Waals surface area contributed by atoms with E-state index in [-0.39, 0.29) is 11.7 Å². The summed E-state index contributed by atoms with van der Waals surface area (Å²) in [6, 6.07) is 0. The number of rotatable bonds is 3. The molecule has 0 aromatic heterocycles. The molecule has 84 valence electrons. The van der Waals surface area contributed by atoms with Gasteiger partial charge in [0.1, 0.15) is 0 Å². The Morgan fingerprint density at radius 3 is 2.67 bits per heavy atom. The minimum absolute atomic E-state index is 0.247.